The van der Waals surface area contributed by atoms with Crippen molar-refractivity contribution in [1.82, 2.24) is 30.7 Å². The summed E-state index contributed by atoms with van der Waals surface area (Å²) in [5.74, 6) is 0.391. The number of anilines is 1. The van der Waals surface area contributed by atoms with Crippen LogP contribution < -0.4 is 11.2 Å². The number of benzene rings is 1. The number of nitrogens with zero attached hydrogens (tertiary/aromatic N) is 7. The number of carbonyl (C=O) groups is 2. The Bertz CT molecular complexity index is 1220. The Morgan fingerprint density at radius 1 is 1.36 bits per heavy atom. The van der Waals surface area contributed by atoms with E-state index in [0.717, 1.165) is 16.7 Å². The molecule has 3 aromatic rings. The topological polar surface area (TPSA) is 176 Å². The van der Waals surface area contributed by atoms with E-state index in [0.29, 0.717) is 22.6 Å². The van der Waals surface area contributed by atoms with Gasteiger partial charge in [0.1, 0.15) is 4.38 Å². The minimum absolute atomic E-state index is 0.0131. The van der Waals surface area contributed by atoms with Gasteiger partial charge < -0.3 is 10.5 Å². The van der Waals surface area contributed by atoms with Crippen LogP contribution >= 0.6 is 23.5 Å². The SMILES string of the molecule is COC(=O)c1ccc(/C=N\NC(=O)c2nnn(-c3nonc3N)c2CSC2=NCCS2)cc1. The Morgan fingerprint density at radius 2 is 2.18 bits per heavy atom. The Hall–Kier alpha value is -3.72. The van der Waals surface area contributed by atoms with Crippen molar-refractivity contribution in [2.75, 3.05) is 25.1 Å². The highest BCUT2D eigenvalue weighted by atomic mass is 32.2. The molecule has 1 aliphatic rings. The van der Waals surface area contributed by atoms with Crippen molar-refractivity contribution in [3.8, 4) is 5.82 Å². The number of carbonyl (C=O) groups excluding carboxylic acids is 2. The molecule has 3 N–H and O–H groups in total. The summed E-state index contributed by atoms with van der Waals surface area (Å²) in [4.78, 5) is 28.7. The van der Waals surface area contributed by atoms with Gasteiger partial charge in [0, 0.05) is 11.5 Å². The molecule has 0 spiro atoms. The average molecular weight is 488 g/mol. The number of esters is 1. The van der Waals surface area contributed by atoms with Crippen LogP contribution in [0.3, 0.4) is 0 Å². The summed E-state index contributed by atoms with van der Waals surface area (Å²) in [5.41, 5.74) is 9.77. The maximum atomic E-state index is 12.8. The van der Waals surface area contributed by atoms with Gasteiger partial charge in [-0.05, 0) is 28.0 Å². The molecular formula is C18H17N9O4S2. The zero-order valence-corrected chi connectivity index (χ0v) is 18.8. The first kappa shape index (κ1) is 22.5. The molecular weight excluding hydrogens is 470 g/mol. The van der Waals surface area contributed by atoms with E-state index in [1.807, 2.05) is 0 Å². The molecule has 1 aromatic carbocycles. The number of aromatic nitrogens is 5. The Labute approximate surface area is 195 Å². The molecule has 0 saturated heterocycles. The number of thioether (sulfide) groups is 2. The molecule has 0 bridgehead atoms. The first-order valence-electron chi connectivity index (χ1n) is 9.41. The molecule has 0 unspecified atom stereocenters. The lowest BCUT2D eigenvalue weighted by molar-refractivity contribution is 0.0600. The molecule has 0 fully saturated rings. The molecule has 15 heteroatoms. The number of nitrogens with one attached hydrogen (secondary N) is 1. The van der Waals surface area contributed by atoms with Gasteiger partial charge in [-0.25, -0.2) is 14.8 Å². The normalized spacial score (nSPS) is 13.3. The fourth-order valence-corrected chi connectivity index (χ4v) is 4.69. The fraction of sp³-hybridized carbons (Fsp3) is 0.222. The Kier molecular flexibility index (Phi) is 6.99. The van der Waals surface area contributed by atoms with Crippen LogP contribution in [0.25, 0.3) is 5.82 Å². The summed E-state index contributed by atoms with van der Waals surface area (Å²) in [7, 11) is 1.31. The summed E-state index contributed by atoms with van der Waals surface area (Å²) in [6.07, 6.45) is 1.43. The van der Waals surface area contributed by atoms with E-state index in [9.17, 15) is 9.59 Å². The van der Waals surface area contributed by atoms with E-state index in [1.54, 1.807) is 36.0 Å². The number of methoxy groups -OCH3 is 1. The lowest BCUT2D eigenvalue weighted by atomic mass is 10.1. The maximum Gasteiger partial charge on any atom is 0.337 e. The predicted molar refractivity (Wildman–Crippen MR) is 123 cm³/mol. The molecule has 0 atom stereocenters. The molecule has 1 amide bonds. The van der Waals surface area contributed by atoms with Gasteiger partial charge in [0.15, 0.2) is 5.69 Å². The third-order valence-electron chi connectivity index (χ3n) is 4.28. The number of hydrogen-bond donors (Lipinski definition) is 2. The van der Waals surface area contributed by atoms with Crippen LogP contribution in [0, 0.1) is 0 Å². The van der Waals surface area contributed by atoms with Gasteiger partial charge in [0.25, 0.3) is 5.91 Å². The van der Waals surface area contributed by atoms with Gasteiger partial charge in [0.05, 0.1) is 31.1 Å². The van der Waals surface area contributed by atoms with Gasteiger partial charge in [-0.1, -0.05) is 40.9 Å². The second-order valence-electron chi connectivity index (χ2n) is 6.37. The first-order chi connectivity index (χ1) is 16.1. The largest absolute Gasteiger partial charge is 0.465 e. The van der Waals surface area contributed by atoms with Crippen LogP contribution in [0.4, 0.5) is 5.82 Å². The number of rotatable bonds is 7. The Balaban J connectivity index is 1.50. The monoisotopic (exact) mass is 487 g/mol. The molecule has 1 aliphatic heterocycles. The molecule has 3 heterocycles. The first-order valence-corrected chi connectivity index (χ1v) is 11.4. The van der Waals surface area contributed by atoms with Gasteiger partial charge in [0.2, 0.25) is 11.6 Å². The van der Waals surface area contributed by atoms with Gasteiger partial charge in [-0.15, -0.1) is 5.10 Å². The van der Waals surface area contributed by atoms with Crippen molar-refractivity contribution in [2.24, 2.45) is 10.1 Å². The number of aliphatic imine (C=N–C) groups is 1. The van der Waals surface area contributed by atoms with E-state index in [1.165, 1.54) is 29.8 Å². The number of ether oxygens (including phenoxy) is 1. The highest BCUT2D eigenvalue weighted by molar-refractivity contribution is 8.38. The van der Waals surface area contributed by atoms with Crippen LogP contribution in [0.2, 0.25) is 0 Å². The molecule has 33 heavy (non-hydrogen) atoms. The molecule has 0 aliphatic carbocycles. The van der Waals surface area contributed by atoms with Crippen LogP contribution in [-0.2, 0) is 10.5 Å². The van der Waals surface area contributed by atoms with Gasteiger partial charge in [-0.2, -0.15) is 9.78 Å². The van der Waals surface area contributed by atoms with Crippen LogP contribution in [0.5, 0.6) is 0 Å². The molecule has 0 radical (unpaired) electrons. The smallest absolute Gasteiger partial charge is 0.337 e. The molecule has 4 rings (SSSR count). The van der Waals surface area contributed by atoms with E-state index in [4.69, 9.17) is 5.73 Å². The maximum absolute atomic E-state index is 12.8. The van der Waals surface area contributed by atoms with Crippen LogP contribution in [-0.4, -0.2) is 67.2 Å². The van der Waals surface area contributed by atoms with Crippen LogP contribution in [0.15, 0.2) is 39.0 Å². The minimum atomic E-state index is -0.574. The zero-order chi connectivity index (χ0) is 23.2. The standard InChI is InChI=1S/C18H17N9O4S2/c1-30-17(29)11-4-2-10(3-5-11)8-21-23-16(28)13-12(9-33-18-20-6-7-32-18)27(26-22-13)15-14(19)24-31-25-15/h2-5,8H,6-7,9H2,1H3,(H2,19,24)(H,23,28)/b21-8-. The van der Waals surface area contributed by atoms with E-state index < -0.39 is 11.9 Å². The number of hydrazone groups is 1. The molecule has 170 valence electrons. The zero-order valence-electron chi connectivity index (χ0n) is 17.2. The molecule has 0 saturated carbocycles. The lowest BCUT2D eigenvalue weighted by Crippen LogP contribution is -2.20. The molecule has 13 nitrogen and oxygen atoms in total. The quantitative estimate of drug-likeness (QED) is 0.277. The van der Waals surface area contributed by atoms with Crippen molar-refractivity contribution in [3.63, 3.8) is 0 Å². The number of amides is 1. The third-order valence-corrected chi connectivity index (χ3v) is 6.54. The second-order valence-corrected chi connectivity index (χ2v) is 8.67. The van der Waals surface area contributed by atoms with Crippen molar-refractivity contribution in [2.45, 2.75) is 5.75 Å². The van der Waals surface area contributed by atoms with E-state index in [2.05, 4.69) is 45.5 Å². The van der Waals surface area contributed by atoms with Crippen molar-refractivity contribution >= 4 is 51.8 Å². The number of nitrogen functional groups attached to an aromatic ring is 1. The van der Waals surface area contributed by atoms with E-state index >= 15 is 0 Å². The van der Waals surface area contributed by atoms with Crippen molar-refractivity contribution in [3.05, 3.63) is 46.8 Å². The fourth-order valence-electron chi connectivity index (χ4n) is 2.69. The van der Waals surface area contributed by atoms with Crippen molar-refractivity contribution in [1.29, 1.82) is 0 Å². The third kappa shape index (κ3) is 5.20. The number of nitrogens with two attached hydrogens (primary N) is 1. The molecule has 2 aromatic heterocycles. The predicted octanol–water partition coefficient (Wildman–Crippen LogP) is 1.12. The number of hydrogen-bond acceptors (Lipinski definition) is 13. The minimum Gasteiger partial charge on any atom is -0.465 e. The lowest BCUT2D eigenvalue weighted by Gasteiger charge is -2.05. The van der Waals surface area contributed by atoms with Gasteiger partial charge >= 0.3 is 5.97 Å². The highest BCUT2D eigenvalue weighted by Gasteiger charge is 2.24. The summed E-state index contributed by atoms with van der Waals surface area (Å²) >= 11 is 3.09. The summed E-state index contributed by atoms with van der Waals surface area (Å²) in [5, 5.41) is 19.2. The summed E-state index contributed by atoms with van der Waals surface area (Å²) in [6, 6.07) is 6.52. The summed E-state index contributed by atoms with van der Waals surface area (Å²) in [6.45, 7) is 0.757. The second kappa shape index (κ2) is 10.3. The van der Waals surface area contributed by atoms with E-state index in [-0.39, 0.29) is 17.3 Å². The Morgan fingerprint density at radius 3 is 2.85 bits per heavy atom. The highest BCUT2D eigenvalue weighted by Crippen LogP contribution is 2.27. The average Bonchev–Trinajstić information content (AvgIpc) is 3.58. The van der Waals surface area contributed by atoms with Crippen LogP contribution in [0.1, 0.15) is 32.1 Å². The van der Waals surface area contributed by atoms with Gasteiger partial charge in [-0.3, -0.25) is 9.79 Å². The summed E-state index contributed by atoms with van der Waals surface area (Å²) < 4.78 is 11.5. The van der Waals surface area contributed by atoms with Crippen molar-refractivity contribution < 1.29 is 19.0 Å².